The van der Waals surface area contributed by atoms with Crippen LogP contribution in [0, 0.1) is 6.92 Å². The summed E-state index contributed by atoms with van der Waals surface area (Å²) in [5, 5.41) is 10.1. The Labute approximate surface area is 93.4 Å². The molecule has 1 heterocycles. The van der Waals surface area contributed by atoms with Crippen LogP contribution in [0.4, 0.5) is 0 Å². The van der Waals surface area contributed by atoms with E-state index in [9.17, 15) is 9.90 Å². The average molecular weight is 215 g/mol. The van der Waals surface area contributed by atoms with E-state index in [0.29, 0.717) is 0 Å². The molecule has 16 heavy (non-hydrogen) atoms. The highest BCUT2D eigenvalue weighted by Gasteiger charge is 2.12. The zero-order chi connectivity index (χ0) is 11.5. The highest BCUT2D eigenvalue weighted by Crippen LogP contribution is 2.22. The van der Waals surface area contributed by atoms with E-state index in [0.717, 1.165) is 16.7 Å². The van der Waals surface area contributed by atoms with Crippen molar-refractivity contribution in [2.45, 2.75) is 13.0 Å². The number of benzene rings is 1. The summed E-state index contributed by atoms with van der Waals surface area (Å²) in [7, 11) is 0. The molecule has 0 saturated heterocycles. The molecule has 0 saturated carbocycles. The quantitative estimate of drug-likeness (QED) is 0.802. The molecular formula is C13H13NO2. The number of hydrogen-bond acceptors (Lipinski definition) is 2. The van der Waals surface area contributed by atoms with Gasteiger partial charge in [0.05, 0.1) is 0 Å². The number of aliphatic hydroxyl groups is 1. The summed E-state index contributed by atoms with van der Waals surface area (Å²) in [6.07, 6.45) is 0.869. The van der Waals surface area contributed by atoms with Gasteiger partial charge in [0.25, 0.3) is 0 Å². The smallest absolute Gasteiger partial charge is 0.248 e. The number of aliphatic hydroxyl groups excluding tert-OH is 1. The van der Waals surface area contributed by atoms with Crippen LogP contribution in [0.1, 0.15) is 22.8 Å². The molecule has 82 valence electrons. The maximum absolute atomic E-state index is 11.1. The van der Waals surface area contributed by atoms with Gasteiger partial charge in [-0.2, -0.15) is 0 Å². The molecule has 0 bridgehead atoms. The fourth-order valence-corrected chi connectivity index (χ4v) is 1.69. The van der Waals surface area contributed by atoms with Crippen LogP contribution in [0.3, 0.4) is 0 Å². The predicted octanol–water partition coefficient (Wildman–Crippen LogP) is 1.77. The molecule has 0 aliphatic rings. The van der Waals surface area contributed by atoms with Gasteiger partial charge in [-0.15, -0.1) is 0 Å². The van der Waals surface area contributed by atoms with E-state index < -0.39 is 6.10 Å². The number of pyridine rings is 1. The van der Waals surface area contributed by atoms with Gasteiger partial charge >= 0.3 is 0 Å². The first-order chi connectivity index (χ1) is 7.68. The summed E-state index contributed by atoms with van der Waals surface area (Å²) >= 11 is 0. The van der Waals surface area contributed by atoms with Gasteiger partial charge in [0.15, 0.2) is 0 Å². The molecule has 0 aliphatic heterocycles. The van der Waals surface area contributed by atoms with Gasteiger partial charge in [0.2, 0.25) is 5.56 Å². The lowest BCUT2D eigenvalue weighted by Crippen LogP contribution is -2.09. The third-order valence-electron chi connectivity index (χ3n) is 2.58. The van der Waals surface area contributed by atoms with Gasteiger partial charge in [-0.3, -0.25) is 4.79 Å². The minimum atomic E-state index is -0.696. The number of hydrogen-bond donors (Lipinski definition) is 2. The summed E-state index contributed by atoms with van der Waals surface area (Å²) in [6, 6.07) is 10.8. The van der Waals surface area contributed by atoms with Gasteiger partial charge in [-0.05, 0) is 18.1 Å². The lowest BCUT2D eigenvalue weighted by atomic mass is 10.00. The molecule has 2 rings (SSSR count). The Morgan fingerprint density at radius 2 is 1.94 bits per heavy atom. The van der Waals surface area contributed by atoms with E-state index in [1.807, 2.05) is 37.3 Å². The number of rotatable bonds is 2. The van der Waals surface area contributed by atoms with Crippen molar-refractivity contribution in [2.24, 2.45) is 0 Å². The minimum absolute atomic E-state index is 0.151. The fourth-order valence-electron chi connectivity index (χ4n) is 1.69. The van der Waals surface area contributed by atoms with E-state index in [4.69, 9.17) is 0 Å². The Bertz CT molecular complexity index is 531. The molecule has 3 heteroatoms. The molecule has 2 N–H and O–H groups in total. The van der Waals surface area contributed by atoms with Crippen LogP contribution in [0.5, 0.6) is 0 Å². The van der Waals surface area contributed by atoms with Crippen LogP contribution in [0.2, 0.25) is 0 Å². The number of aromatic amines is 1. The van der Waals surface area contributed by atoms with E-state index in [1.54, 1.807) is 6.20 Å². The molecular weight excluding hydrogens is 202 g/mol. The number of nitrogens with one attached hydrogen (secondary N) is 1. The average Bonchev–Trinajstić information content (AvgIpc) is 2.29. The first kappa shape index (κ1) is 10.6. The Kier molecular flexibility index (Phi) is 2.88. The van der Waals surface area contributed by atoms with Crippen LogP contribution >= 0.6 is 0 Å². The topological polar surface area (TPSA) is 53.1 Å². The zero-order valence-electron chi connectivity index (χ0n) is 8.97. The second-order valence-corrected chi connectivity index (χ2v) is 3.75. The highest BCUT2D eigenvalue weighted by atomic mass is 16.3. The monoisotopic (exact) mass is 215 g/mol. The Balaban J connectivity index is 2.42. The number of H-pyrrole nitrogens is 1. The molecule has 0 fully saturated rings. The first-order valence-corrected chi connectivity index (χ1v) is 5.11. The number of aromatic nitrogens is 1. The summed E-state index contributed by atoms with van der Waals surface area (Å²) in [6.45, 7) is 1.82. The maximum atomic E-state index is 11.1. The molecule has 0 aliphatic carbocycles. The van der Waals surface area contributed by atoms with Gasteiger partial charge < -0.3 is 10.1 Å². The van der Waals surface area contributed by atoms with Crippen molar-refractivity contribution in [3.05, 3.63) is 69.6 Å². The molecule has 0 radical (unpaired) electrons. The van der Waals surface area contributed by atoms with Gasteiger partial charge in [0.1, 0.15) is 6.10 Å². The zero-order valence-corrected chi connectivity index (χ0v) is 8.97. The minimum Gasteiger partial charge on any atom is -0.384 e. The largest absolute Gasteiger partial charge is 0.384 e. The maximum Gasteiger partial charge on any atom is 0.248 e. The van der Waals surface area contributed by atoms with Crippen LogP contribution in [-0.4, -0.2) is 10.1 Å². The molecule has 1 atom stereocenters. The fraction of sp³-hybridized carbons (Fsp3) is 0.154. The Morgan fingerprint density at radius 1 is 1.25 bits per heavy atom. The molecule has 0 amide bonds. The summed E-state index contributed by atoms with van der Waals surface area (Å²) in [5.41, 5.74) is 2.19. The third kappa shape index (κ3) is 2.04. The molecule has 3 nitrogen and oxygen atoms in total. The van der Waals surface area contributed by atoms with Crippen molar-refractivity contribution in [3.8, 4) is 0 Å². The molecule has 1 aromatic carbocycles. The van der Waals surface area contributed by atoms with Crippen molar-refractivity contribution in [2.75, 3.05) is 0 Å². The summed E-state index contributed by atoms with van der Waals surface area (Å²) in [5.74, 6) is 0. The molecule has 1 aromatic heterocycles. The van der Waals surface area contributed by atoms with Gasteiger partial charge in [-0.1, -0.05) is 30.3 Å². The highest BCUT2D eigenvalue weighted by molar-refractivity contribution is 5.32. The van der Waals surface area contributed by atoms with Crippen molar-refractivity contribution >= 4 is 0 Å². The normalized spacial score (nSPS) is 12.4. The van der Waals surface area contributed by atoms with E-state index >= 15 is 0 Å². The van der Waals surface area contributed by atoms with E-state index in [1.165, 1.54) is 6.07 Å². The van der Waals surface area contributed by atoms with Crippen LogP contribution in [0.15, 0.2) is 47.4 Å². The van der Waals surface area contributed by atoms with Crippen LogP contribution in [0.25, 0.3) is 0 Å². The molecule has 1 unspecified atom stereocenters. The summed E-state index contributed by atoms with van der Waals surface area (Å²) < 4.78 is 0. The molecule has 2 aromatic rings. The van der Waals surface area contributed by atoms with Crippen molar-refractivity contribution < 1.29 is 5.11 Å². The van der Waals surface area contributed by atoms with Crippen LogP contribution in [-0.2, 0) is 0 Å². The second-order valence-electron chi connectivity index (χ2n) is 3.75. The Morgan fingerprint density at radius 3 is 2.56 bits per heavy atom. The lowest BCUT2D eigenvalue weighted by molar-refractivity contribution is 0.219. The van der Waals surface area contributed by atoms with Gasteiger partial charge in [-0.25, -0.2) is 0 Å². The SMILES string of the molecule is Cc1cc(=O)[nH]cc1C(O)c1ccccc1. The van der Waals surface area contributed by atoms with E-state index in [2.05, 4.69) is 4.98 Å². The number of aryl methyl sites for hydroxylation is 1. The first-order valence-electron chi connectivity index (χ1n) is 5.11. The Hall–Kier alpha value is -1.87. The lowest BCUT2D eigenvalue weighted by Gasteiger charge is -2.13. The summed E-state index contributed by atoms with van der Waals surface area (Å²) in [4.78, 5) is 13.6. The van der Waals surface area contributed by atoms with Crippen LogP contribution < -0.4 is 5.56 Å². The third-order valence-corrected chi connectivity index (χ3v) is 2.58. The van der Waals surface area contributed by atoms with Crippen molar-refractivity contribution in [3.63, 3.8) is 0 Å². The standard InChI is InChI=1S/C13H13NO2/c1-9-7-12(15)14-8-11(9)13(16)10-5-3-2-4-6-10/h2-8,13,16H,1H3,(H,14,15). The second kappa shape index (κ2) is 4.33. The van der Waals surface area contributed by atoms with Gasteiger partial charge in [0, 0.05) is 17.8 Å². The molecule has 0 spiro atoms. The predicted molar refractivity (Wildman–Crippen MR) is 62.3 cm³/mol. The van der Waals surface area contributed by atoms with E-state index in [-0.39, 0.29) is 5.56 Å². The van der Waals surface area contributed by atoms with Crippen molar-refractivity contribution in [1.29, 1.82) is 0 Å². The van der Waals surface area contributed by atoms with Crippen molar-refractivity contribution in [1.82, 2.24) is 4.98 Å².